The van der Waals surface area contributed by atoms with Crippen molar-refractivity contribution in [2.45, 2.75) is 6.42 Å². The Morgan fingerprint density at radius 2 is 2.06 bits per heavy atom. The first-order chi connectivity index (χ1) is 8.27. The highest BCUT2D eigenvalue weighted by Crippen LogP contribution is 2.22. The predicted molar refractivity (Wildman–Crippen MR) is 73.7 cm³/mol. The maximum Gasteiger partial charge on any atom is 0.170 e. The Hall–Kier alpha value is -1.33. The molecule has 1 rings (SSSR count). The van der Waals surface area contributed by atoms with E-state index in [0.29, 0.717) is 5.11 Å². The average molecular weight is 254 g/mol. The van der Waals surface area contributed by atoms with Gasteiger partial charge in [-0.05, 0) is 30.8 Å². The molecule has 0 bridgehead atoms. The van der Waals surface area contributed by atoms with Crippen LogP contribution in [-0.2, 0) is 4.74 Å². The first kappa shape index (κ1) is 13.7. The van der Waals surface area contributed by atoms with Gasteiger partial charge in [-0.2, -0.15) is 0 Å². The summed E-state index contributed by atoms with van der Waals surface area (Å²) in [7, 11) is 3.32. The van der Waals surface area contributed by atoms with Crippen molar-refractivity contribution in [3.8, 4) is 5.75 Å². The summed E-state index contributed by atoms with van der Waals surface area (Å²) in [4.78, 5) is 0. The van der Waals surface area contributed by atoms with Gasteiger partial charge in [0.05, 0.1) is 12.8 Å². The zero-order valence-electron chi connectivity index (χ0n) is 10.2. The van der Waals surface area contributed by atoms with Crippen molar-refractivity contribution in [2.24, 2.45) is 0 Å². The molecule has 0 atom stereocenters. The molecule has 0 radical (unpaired) electrons. The summed E-state index contributed by atoms with van der Waals surface area (Å²) in [5, 5.41) is 6.78. The molecule has 1 aromatic carbocycles. The molecule has 0 unspecified atom stereocenters. The minimum atomic E-state index is 0.589. The lowest BCUT2D eigenvalue weighted by Crippen LogP contribution is -2.29. The van der Waals surface area contributed by atoms with Crippen molar-refractivity contribution in [1.29, 1.82) is 0 Å². The fourth-order valence-corrected chi connectivity index (χ4v) is 1.54. The first-order valence-corrected chi connectivity index (χ1v) is 5.85. The highest BCUT2D eigenvalue weighted by molar-refractivity contribution is 7.80. The lowest BCUT2D eigenvalue weighted by Gasteiger charge is -2.12. The van der Waals surface area contributed by atoms with Crippen LogP contribution in [0.25, 0.3) is 0 Å². The number of anilines is 1. The largest absolute Gasteiger partial charge is 0.495 e. The molecule has 4 nitrogen and oxygen atoms in total. The van der Waals surface area contributed by atoms with Crippen LogP contribution in [0.15, 0.2) is 24.3 Å². The van der Waals surface area contributed by atoms with Gasteiger partial charge in [-0.15, -0.1) is 0 Å². The van der Waals surface area contributed by atoms with E-state index in [1.54, 1.807) is 14.2 Å². The van der Waals surface area contributed by atoms with Gasteiger partial charge in [0.1, 0.15) is 5.75 Å². The fourth-order valence-electron chi connectivity index (χ4n) is 1.33. The van der Waals surface area contributed by atoms with Gasteiger partial charge in [0.15, 0.2) is 5.11 Å². The summed E-state index contributed by atoms with van der Waals surface area (Å²) in [5.41, 5.74) is 0.860. The fraction of sp³-hybridized carbons (Fsp3) is 0.417. The van der Waals surface area contributed by atoms with E-state index in [0.717, 1.165) is 31.0 Å². The second-order valence-electron chi connectivity index (χ2n) is 3.43. The Morgan fingerprint density at radius 1 is 1.29 bits per heavy atom. The summed E-state index contributed by atoms with van der Waals surface area (Å²) >= 11 is 5.17. The van der Waals surface area contributed by atoms with Crippen molar-refractivity contribution in [1.82, 2.24) is 5.32 Å². The monoisotopic (exact) mass is 254 g/mol. The van der Waals surface area contributed by atoms with Crippen molar-refractivity contribution >= 4 is 23.0 Å². The molecule has 0 aromatic heterocycles. The maximum absolute atomic E-state index is 5.22. The number of methoxy groups -OCH3 is 2. The minimum Gasteiger partial charge on any atom is -0.495 e. The molecule has 0 fully saturated rings. The number of hydrogen-bond donors (Lipinski definition) is 2. The molecule has 2 N–H and O–H groups in total. The van der Waals surface area contributed by atoms with Crippen molar-refractivity contribution in [3.05, 3.63) is 24.3 Å². The van der Waals surface area contributed by atoms with Gasteiger partial charge >= 0.3 is 0 Å². The number of rotatable bonds is 6. The van der Waals surface area contributed by atoms with Crippen molar-refractivity contribution in [3.63, 3.8) is 0 Å². The topological polar surface area (TPSA) is 42.5 Å². The zero-order chi connectivity index (χ0) is 12.5. The van der Waals surface area contributed by atoms with Crippen LogP contribution in [0.1, 0.15) is 6.42 Å². The lowest BCUT2D eigenvalue weighted by atomic mass is 10.3. The SMILES string of the molecule is COCCCNC(=S)Nc1ccccc1OC. The van der Waals surface area contributed by atoms with Crippen molar-refractivity contribution < 1.29 is 9.47 Å². The van der Waals surface area contributed by atoms with Gasteiger partial charge < -0.3 is 20.1 Å². The van der Waals surface area contributed by atoms with Crippen LogP contribution < -0.4 is 15.4 Å². The molecule has 0 saturated carbocycles. The Bertz CT molecular complexity index is 358. The second kappa shape index (κ2) is 7.86. The number of hydrogen-bond acceptors (Lipinski definition) is 3. The van der Waals surface area contributed by atoms with Gasteiger partial charge in [-0.1, -0.05) is 12.1 Å². The Morgan fingerprint density at radius 3 is 2.76 bits per heavy atom. The van der Waals surface area contributed by atoms with E-state index in [1.807, 2.05) is 24.3 Å². The molecule has 0 spiro atoms. The highest BCUT2D eigenvalue weighted by Gasteiger charge is 2.02. The van der Waals surface area contributed by atoms with Crippen LogP contribution in [0, 0.1) is 0 Å². The highest BCUT2D eigenvalue weighted by atomic mass is 32.1. The normalized spacial score (nSPS) is 9.76. The molecule has 0 aliphatic heterocycles. The molecule has 5 heteroatoms. The number of nitrogens with one attached hydrogen (secondary N) is 2. The summed E-state index contributed by atoms with van der Waals surface area (Å²) in [5.74, 6) is 0.772. The lowest BCUT2D eigenvalue weighted by molar-refractivity contribution is 0.196. The number of ether oxygens (including phenoxy) is 2. The van der Waals surface area contributed by atoms with Crippen LogP contribution in [0.2, 0.25) is 0 Å². The van der Waals surface area contributed by atoms with Crippen molar-refractivity contribution in [2.75, 3.05) is 32.7 Å². The summed E-state index contributed by atoms with van der Waals surface area (Å²) in [6.45, 7) is 1.51. The third-order valence-corrected chi connectivity index (χ3v) is 2.41. The number of benzene rings is 1. The quantitative estimate of drug-likeness (QED) is 0.600. The van der Waals surface area contributed by atoms with Crippen LogP contribution in [0.4, 0.5) is 5.69 Å². The zero-order valence-corrected chi connectivity index (χ0v) is 11.0. The molecular formula is C12H18N2O2S. The van der Waals surface area contributed by atoms with Crippen LogP contribution in [0.3, 0.4) is 0 Å². The summed E-state index contributed by atoms with van der Waals surface area (Å²) in [6, 6.07) is 7.65. The van der Waals surface area contributed by atoms with Crippen LogP contribution in [-0.4, -0.2) is 32.5 Å². The third kappa shape index (κ3) is 5.01. The van der Waals surface area contributed by atoms with E-state index in [9.17, 15) is 0 Å². The Kier molecular flexibility index (Phi) is 6.35. The third-order valence-electron chi connectivity index (χ3n) is 2.17. The van der Waals surface area contributed by atoms with E-state index in [1.165, 1.54) is 0 Å². The molecule has 0 saturated heterocycles. The maximum atomic E-state index is 5.22. The molecule has 1 aromatic rings. The van der Waals surface area contributed by atoms with Crippen LogP contribution >= 0.6 is 12.2 Å². The number of thiocarbonyl (C=S) groups is 1. The number of para-hydroxylation sites is 2. The van der Waals surface area contributed by atoms with Gasteiger partial charge in [0.2, 0.25) is 0 Å². The standard InChI is InChI=1S/C12H18N2O2S/c1-15-9-5-8-13-12(17)14-10-6-3-4-7-11(10)16-2/h3-4,6-7H,5,8-9H2,1-2H3,(H2,13,14,17). The van der Waals surface area contributed by atoms with E-state index in [-0.39, 0.29) is 0 Å². The molecule has 17 heavy (non-hydrogen) atoms. The minimum absolute atomic E-state index is 0.589. The molecule has 0 amide bonds. The molecule has 0 aliphatic carbocycles. The van der Waals surface area contributed by atoms with E-state index < -0.39 is 0 Å². The smallest absolute Gasteiger partial charge is 0.170 e. The van der Waals surface area contributed by atoms with Gasteiger partial charge in [-0.25, -0.2) is 0 Å². The van der Waals surface area contributed by atoms with Gasteiger partial charge in [0.25, 0.3) is 0 Å². The predicted octanol–water partition coefficient (Wildman–Crippen LogP) is 2.02. The Labute approximate surface area is 107 Å². The molecular weight excluding hydrogens is 236 g/mol. The molecule has 0 aliphatic rings. The molecule has 0 heterocycles. The average Bonchev–Trinajstić information content (AvgIpc) is 2.35. The van der Waals surface area contributed by atoms with E-state index in [2.05, 4.69) is 10.6 Å². The summed E-state index contributed by atoms with van der Waals surface area (Å²) < 4.78 is 10.2. The van der Waals surface area contributed by atoms with E-state index in [4.69, 9.17) is 21.7 Å². The van der Waals surface area contributed by atoms with Gasteiger partial charge in [-0.3, -0.25) is 0 Å². The van der Waals surface area contributed by atoms with Crippen LogP contribution in [0.5, 0.6) is 5.75 Å². The van der Waals surface area contributed by atoms with Gasteiger partial charge in [0, 0.05) is 20.3 Å². The Balaban J connectivity index is 2.39. The van der Waals surface area contributed by atoms with E-state index >= 15 is 0 Å². The first-order valence-electron chi connectivity index (χ1n) is 5.44. The summed E-state index contributed by atoms with van der Waals surface area (Å²) in [6.07, 6.45) is 0.921. The molecule has 94 valence electrons. The second-order valence-corrected chi connectivity index (χ2v) is 3.84.